The number of nitrogens with zero attached hydrogens (tertiary/aromatic N) is 2. The Labute approximate surface area is 122 Å². The summed E-state index contributed by atoms with van der Waals surface area (Å²) in [7, 11) is 1.66. The Morgan fingerprint density at radius 2 is 2.00 bits per heavy atom. The van der Waals surface area contributed by atoms with Crippen molar-refractivity contribution in [1.29, 1.82) is 0 Å². The molecule has 0 saturated heterocycles. The van der Waals surface area contributed by atoms with Gasteiger partial charge in [0.15, 0.2) is 0 Å². The number of nitrogens with one attached hydrogen (secondary N) is 1. The molecule has 0 aliphatic rings. The monoisotopic (exact) mass is 281 g/mol. The molecule has 0 bridgehead atoms. The number of aromatic nitrogens is 2. The lowest BCUT2D eigenvalue weighted by atomic mass is 10.2. The van der Waals surface area contributed by atoms with Crippen LogP contribution in [0.15, 0.2) is 59.3 Å². The van der Waals surface area contributed by atoms with Crippen molar-refractivity contribution in [2.24, 2.45) is 0 Å². The summed E-state index contributed by atoms with van der Waals surface area (Å²) in [5.41, 5.74) is 3.08. The second kappa shape index (κ2) is 6.09. The van der Waals surface area contributed by atoms with Crippen molar-refractivity contribution in [3.8, 4) is 17.2 Å². The van der Waals surface area contributed by atoms with Gasteiger partial charge in [0.05, 0.1) is 7.11 Å². The van der Waals surface area contributed by atoms with Crippen molar-refractivity contribution in [2.45, 2.75) is 6.54 Å². The maximum Gasteiger partial charge on any atom is 0.247 e. The molecule has 3 rings (SSSR count). The van der Waals surface area contributed by atoms with E-state index < -0.39 is 0 Å². The van der Waals surface area contributed by atoms with E-state index in [1.54, 1.807) is 7.11 Å². The molecular formula is C16H15N3O2. The van der Waals surface area contributed by atoms with Gasteiger partial charge in [-0.2, -0.15) is 0 Å². The quantitative estimate of drug-likeness (QED) is 0.777. The fourth-order valence-corrected chi connectivity index (χ4v) is 2.01. The number of anilines is 1. The Morgan fingerprint density at radius 3 is 2.71 bits per heavy atom. The highest BCUT2D eigenvalue weighted by atomic mass is 16.5. The van der Waals surface area contributed by atoms with Crippen molar-refractivity contribution < 1.29 is 9.15 Å². The van der Waals surface area contributed by atoms with Gasteiger partial charge in [-0.15, -0.1) is 10.2 Å². The van der Waals surface area contributed by atoms with Gasteiger partial charge in [0.2, 0.25) is 12.3 Å². The minimum absolute atomic E-state index is 0.517. The molecule has 1 aromatic heterocycles. The third-order valence-corrected chi connectivity index (χ3v) is 3.13. The Morgan fingerprint density at radius 1 is 1.14 bits per heavy atom. The Kier molecular flexibility index (Phi) is 3.82. The SMILES string of the molecule is COc1ccc(CNc2cccc(-c3nnco3)c2)cc1. The molecule has 3 aromatic rings. The predicted molar refractivity (Wildman–Crippen MR) is 80.1 cm³/mol. The predicted octanol–water partition coefficient (Wildman–Crippen LogP) is 3.36. The molecule has 0 atom stereocenters. The van der Waals surface area contributed by atoms with Gasteiger partial charge in [-0.05, 0) is 35.9 Å². The van der Waals surface area contributed by atoms with E-state index >= 15 is 0 Å². The Balaban J connectivity index is 1.68. The largest absolute Gasteiger partial charge is 0.497 e. The Hall–Kier alpha value is -2.82. The first kappa shape index (κ1) is 13.2. The normalized spacial score (nSPS) is 10.3. The van der Waals surface area contributed by atoms with Gasteiger partial charge < -0.3 is 14.5 Å². The molecule has 0 spiro atoms. The van der Waals surface area contributed by atoms with Crippen LogP contribution < -0.4 is 10.1 Å². The van der Waals surface area contributed by atoms with E-state index in [0.717, 1.165) is 23.5 Å². The van der Waals surface area contributed by atoms with Crippen molar-refractivity contribution in [2.75, 3.05) is 12.4 Å². The van der Waals surface area contributed by atoms with Crippen LogP contribution in [0.3, 0.4) is 0 Å². The highest BCUT2D eigenvalue weighted by Crippen LogP contribution is 2.21. The number of benzene rings is 2. The Bertz CT molecular complexity index is 694. The van der Waals surface area contributed by atoms with Gasteiger partial charge in [-0.1, -0.05) is 18.2 Å². The summed E-state index contributed by atoms with van der Waals surface area (Å²) in [6.45, 7) is 0.733. The number of rotatable bonds is 5. The zero-order chi connectivity index (χ0) is 14.5. The molecule has 0 saturated carbocycles. The second-order valence-corrected chi connectivity index (χ2v) is 4.53. The summed E-state index contributed by atoms with van der Waals surface area (Å²) in [6.07, 6.45) is 1.33. The molecular weight excluding hydrogens is 266 g/mol. The summed E-state index contributed by atoms with van der Waals surface area (Å²) in [6, 6.07) is 15.8. The molecule has 5 nitrogen and oxygen atoms in total. The minimum atomic E-state index is 0.517. The second-order valence-electron chi connectivity index (χ2n) is 4.53. The fourth-order valence-electron chi connectivity index (χ4n) is 2.01. The molecule has 0 unspecified atom stereocenters. The molecule has 1 N–H and O–H groups in total. The highest BCUT2D eigenvalue weighted by Gasteiger charge is 2.04. The molecule has 5 heteroatoms. The van der Waals surface area contributed by atoms with Crippen LogP contribution in [-0.4, -0.2) is 17.3 Å². The van der Waals surface area contributed by atoms with Crippen molar-refractivity contribution >= 4 is 5.69 Å². The molecule has 0 fully saturated rings. The number of hydrogen-bond donors (Lipinski definition) is 1. The zero-order valence-electron chi connectivity index (χ0n) is 11.6. The first-order valence-electron chi connectivity index (χ1n) is 6.58. The lowest BCUT2D eigenvalue weighted by molar-refractivity contribution is 0.414. The van der Waals surface area contributed by atoms with Gasteiger partial charge in [-0.3, -0.25) is 0 Å². The van der Waals surface area contributed by atoms with Gasteiger partial charge in [0.25, 0.3) is 0 Å². The number of ether oxygens (including phenoxy) is 1. The highest BCUT2D eigenvalue weighted by molar-refractivity contribution is 5.60. The lowest BCUT2D eigenvalue weighted by Crippen LogP contribution is -1.99. The molecule has 1 heterocycles. The topological polar surface area (TPSA) is 60.2 Å². The molecule has 0 radical (unpaired) electrons. The van der Waals surface area contributed by atoms with Crippen LogP contribution in [0.2, 0.25) is 0 Å². The smallest absolute Gasteiger partial charge is 0.247 e. The minimum Gasteiger partial charge on any atom is -0.497 e. The van der Waals surface area contributed by atoms with Crippen molar-refractivity contribution in [1.82, 2.24) is 10.2 Å². The summed E-state index contributed by atoms with van der Waals surface area (Å²) in [5, 5.41) is 11.0. The third-order valence-electron chi connectivity index (χ3n) is 3.13. The first-order chi connectivity index (χ1) is 10.3. The van der Waals surface area contributed by atoms with Crippen LogP contribution in [0.1, 0.15) is 5.56 Å². The fraction of sp³-hybridized carbons (Fsp3) is 0.125. The molecule has 106 valence electrons. The van der Waals surface area contributed by atoms with Crippen LogP contribution in [0.25, 0.3) is 11.5 Å². The number of methoxy groups -OCH3 is 1. The van der Waals surface area contributed by atoms with Crippen LogP contribution in [0.5, 0.6) is 5.75 Å². The molecule has 0 aliphatic heterocycles. The number of hydrogen-bond acceptors (Lipinski definition) is 5. The van der Waals surface area contributed by atoms with Crippen LogP contribution in [0.4, 0.5) is 5.69 Å². The standard InChI is InChI=1S/C16H15N3O2/c1-20-15-7-5-12(6-8-15)10-17-14-4-2-3-13(9-14)16-19-18-11-21-16/h2-9,11,17H,10H2,1H3. The molecule has 0 amide bonds. The molecule has 2 aromatic carbocycles. The molecule has 21 heavy (non-hydrogen) atoms. The van der Waals surface area contributed by atoms with Crippen molar-refractivity contribution in [3.63, 3.8) is 0 Å². The summed E-state index contributed by atoms with van der Waals surface area (Å²) < 4.78 is 10.3. The van der Waals surface area contributed by atoms with E-state index in [1.165, 1.54) is 12.0 Å². The lowest BCUT2D eigenvalue weighted by Gasteiger charge is -2.08. The average molecular weight is 281 g/mol. The van der Waals surface area contributed by atoms with E-state index in [1.807, 2.05) is 48.5 Å². The van der Waals surface area contributed by atoms with E-state index in [0.29, 0.717) is 5.89 Å². The van der Waals surface area contributed by atoms with Gasteiger partial charge in [-0.25, -0.2) is 0 Å². The summed E-state index contributed by atoms with van der Waals surface area (Å²) in [5.74, 6) is 1.38. The van der Waals surface area contributed by atoms with Crippen LogP contribution in [-0.2, 0) is 6.54 Å². The van der Waals surface area contributed by atoms with Gasteiger partial charge >= 0.3 is 0 Å². The van der Waals surface area contributed by atoms with Crippen LogP contribution in [0, 0.1) is 0 Å². The first-order valence-corrected chi connectivity index (χ1v) is 6.58. The van der Waals surface area contributed by atoms with Gasteiger partial charge in [0, 0.05) is 17.8 Å². The van der Waals surface area contributed by atoms with Crippen molar-refractivity contribution in [3.05, 3.63) is 60.5 Å². The maximum absolute atomic E-state index is 5.20. The van der Waals surface area contributed by atoms with E-state index in [4.69, 9.17) is 9.15 Å². The third kappa shape index (κ3) is 3.20. The zero-order valence-corrected chi connectivity index (χ0v) is 11.6. The summed E-state index contributed by atoms with van der Waals surface area (Å²) >= 11 is 0. The van der Waals surface area contributed by atoms with E-state index in [2.05, 4.69) is 15.5 Å². The maximum atomic E-state index is 5.20. The molecule has 0 aliphatic carbocycles. The van der Waals surface area contributed by atoms with Gasteiger partial charge in [0.1, 0.15) is 5.75 Å². The van der Waals surface area contributed by atoms with Crippen LogP contribution >= 0.6 is 0 Å². The van der Waals surface area contributed by atoms with E-state index in [9.17, 15) is 0 Å². The summed E-state index contributed by atoms with van der Waals surface area (Å²) in [4.78, 5) is 0. The average Bonchev–Trinajstić information content (AvgIpc) is 3.08. The van der Waals surface area contributed by atoms with E-state index in [-0.39, 0.29) is 0 Å².